The second-order valence-corrected chi connectivity index (χ2v) is 8.60. The number of nitrogens with zero attached hydrogens (tertiary/aromatic N) is 4. The van der Waals surface area contributed by atoms with Crippen LogP contribution in [-0.2, 0) is 0 Å². The minimum Gasteiger partial charge on any atom is -0.493 e. The lowest BCUT2D eigenvalue weighted by Crippen LogP contribution is -2.34. The van der Waals surface area contributed by atoms with Crippen molar-refractivity contribution < 1.29 is 14.3 Å². The molecule has 1 fully saturated rings. The number of carbonyl (C=O) groups is 1. The maximum atomic E-state index is 12.9. The number of likely N-dealkylation sites (tertiary alicyclic amines) is 1. The third-order valence-corrected chi connectivity index (χ3v) is 6.42. The Labute approximate surface area is 208 Å². The number of hydrogen-bond donors (Lipinski definition) is 2. The van der Waals surface area contributed by atoms with Gasteiger partial charge in [0.1, 0.15) is 33.0 Å². The van der Waals surface area contributed by atoms with Gasteiger partial charge < -0.3 is 25.0 Å². The van der Waals surface area contributed by atoms with E-state index in [2.05, 4.69) is 25.5 Å². The summed E-state index contributed by atoms with van der Waals surface area (Å²) in [4.78, 5) is 25.1. The van der Waals surface area contributed by atoms with Crippen molar-refractivity contribution in [3.63, 3.8) is 0 Å². The van der Waals surface area contributed by atoms with Gasteiger partial charge in [-0.2, -0.15) is 0 Å². The van der Waals surface area contributed by atoms with Crippen molar-refractivity contribution in [3.8, 4) is 11.5 Å². The van der Waals surface area contributed by atoms with Gasteiger partial charge in [0.05, 0.1) is 19.9 Å². The van der Waals surface area contributed by atoms with E-state index in [1.165, 1.54) is 44.7 Å². The molecule has 0 saturated carbocycles. The van der Waals surface area contributed by atoms with E-state index in [9.17, 15) is 4.79 Å². The van der Waals surface area contributed by atoms with Crippen LogP contribution in [0.3, 0.4) is 0 Å². The molecular formula is C21H27Cl3N6O3. The summed E-state index contributed by atoms with van der Waals surface area (Å²) >= 11 is 19.0. The van der Waals surface area contributed by atoms with Crippen molar-refractivity contribution in [1.29, 1.82) is 0 Å². The van der Waals surface area contributed by atoms with Gasteiger partial charge in [0.2, 0.25) is 0 Å². The SMILES string of the molecule is COc1c(Cl)c(NC(=O)N(C)c2cc(NCCN3CCCCC3)ncn2)c(Cl)c(OC)c1Cl. The van der Waals surface area contributed by atoms with Gasteiger partial charge in [0.15, 0.2) is 11.5 Å². The molecule has 2 aromatic rings. The molecule has 1 aliphatic heterocycles. The molecule has 2 N–H and O–H groups in total. The number of anilines is 3. The Kier molecular flexibility index (Phi) is 9.08. The van der Waals surface area contributed by atoms with Crippen molar-refractivity contribution >= 4 is 58.2 Å². The van der Waals surface area contributed by atoms with Crippen LogP contribution in [0, 0.1) is 0 Å². The number of urea groups is 1. The minimum absolute atomic E-state index is 0.0535. The first-order chi connectivity index (χ1) is 15.9. The van der Waals surface area contributed by atoms with Crippen LogP contribution in [0.5, 0.6) is 11.5 Å². The second-order valence-electron chi connectivity index (χ2n) is 7.46. The van der Waals surface area contributed by atoms with E-state index in [0.29, 0.717) is 11.6 Å². The first-order valence-electron chi connectivity index (χ1n) is 10.5. The highest BCUT2D eigenvalue weighted by Gasteiger charge is 2.25. The molecule has 2 amide bonds. The molecule has 33 heavy (non-hydrogen) atoms. The quantitative estimate of drug-likeness (QED) is 0.508. The van der Waals surface area contributed by atoms with Gasteiger partial charge in [-0.25, -0.2) is 14.8 Å². The fourth-order valence-corrected chi connectivity index (χ4v) is 4.65. The summed E-state index contributed by atoms with van der Waals surface area (Å²) in [6.45, 7) is 3.95. The van der Waals surface area contributed by atoms with E-state index in [1.807, 2.05) is 0 Å². The fourth-order valence-electron chi connectivity index (χ4n) is 3.53. The molecule has 1 aromatic heterocycles. The Balaban J connectivity index is 1.70. The molecule has 1 aromatic carbocycles. The highest BCUT2D eigenvalue weighted by molar-refractivity contribution is 6.45. The Morgan fingerprint density at radius 3 is 2.30 bits per heavy atom. The van der Waals surface area contributed by atoms with Gasteiger partial charge in [-0.3, -0.25) is 4.90 Å². The number of amides is 2. The fraction of sp³-hybridized carbons (Fsp3) is 0.476. The summed E-state index contributed by atoms with van der Waals surface area (Å²) in [5, 5.41) is 6.18. The van der Waals surface area contributed by atoms with E-state index in [0.717, 1.165) is 26.2 Å². The van der Waals surface area contributed by atoms with Crippen LogP contribution in [-0.4, -0.2) is 68.3 Å². The largest absolute Gasteiger partial charge is 0.493 e. The lowest BCUT2D eigenvalue weighted by atomic mass is 10.1. The number of ether oxygens (including phenoxy) is 2. The standard InChI is InChI=1S/C21H27Cl3N6O3/c1-29(14-11-13(26-12-27-14)25-7-10-30-8-5-4-6-9-30)21(31)28-18-15(22)19(32-2)17(24)20(33-3)16(18)23/h11-12H,4-10H2,1-3H3,(H,28,31)(H,25,26,27). The number of carbonyl (C=O) groups excluding carboxylic acids is 1. The summed E-state index contributed by atoms with van der Waals surface area (Å²) < 4.78 is 10.5. The van der Waals surface area contributed by atoms with E-state index in [1.54, 1.807) is 13.1 Å². The van der Waals surface area contributed by atoms with E-state index < -0.39 is 6.03 Å². The average Bonchev–Trinajstić information content (AvgIpc) is 2.82. The molecule has 0 atom stereocenters. The molecular weight excluding hydrogens is 491 g/mol. The lowest BCUT2D eigenvalue weighted by molar-refractivity contribution is 0.237. The molecule has 12 heteroatoms. The summed E-state index contributed by atoms with van der Waals surface area (Å²) in [7, 11) is 4.37. The van der Waals surface area contributed by atoms with Gasteiger partial charge in [-0.05, 0) is 25.9 Å². The summed E-state index contributed by atoms with van der Waals surface area (Å²) in [6, 6.07) is 1.17. The van der Waals surface area contributed by atoms with Crippen LogP contribution in [0.25, 0.3) is 0 Å². The van der Waals surface area contributed by atoms with Crippen molar-refractivity contribution in [3.05, 3.63) is 27.5 Å². The van der Waals surface area contributed by atoms with Crippen molar-refractivity contribution in [2.45, 2.75) is 19.3 Å². The Morgan fingerprint density at radius 2 is 1.70 bits per heavy atom. The second kappa shape index (κ2) is 11.8. The van der Waals surface area contributed by atoms with Crippen LogP contribution >= 0.6 is 34.8 Å². The normalized spacial score (nSPS) is 14.0. The number of aromatic nitrogens is 2. The molecule has 0 bridgehead atoms. The molecule has 9 nitrogen and oxygen atoms in total. The average molecular weight is 518 g/mol. The summed E-state index contributed by atoms with van der Waals surface area (Å²) in [5.41, 5.74) is 0.113. The smallest absolute Gasteiger partial charge is 0.327 e. The number of hydrogen-bond acceptors (Lipinski definition) is 7. The number of nitrogens with one attached hydrogen (secondary N) is 2. The molecule has 1 saturated heterocycles. The number of benzene rings is 1. The highest BCUT2D eigenvalue weighted by Crippen LogP contribution is 2.50. The van der Waals surface area contributed by atoms with Crippen LogP contribution in [0.15, 0.2) is 12.4 Å². The monoisotopic (exact) mass is 516 g/mol. The predicted octanol–water partition coefficient (Wildman–Crippen LogP) is 5.02. The molecule has 0 radical (unpaired) electrons. The topological polar surface area (TPSA) is 91.9 Å². The third-order valence-electron chi connectivity index (χ3n) is 5.36. The number of rotatable bonds is 8. The van der Waals surface area contributed by atoms with Crippen LogP contribution < -0.4 is 25.0 Å². The maximum Gasteiger partial charge on any atom is 0.327 e. The van der Waals surface area contributed by atoms with Crippen molar-refractivity contribution in [2.24, 2.45) is 0 Å². The number of piperidine rings is 1. The summed E-state index contributed by atoms with van der Waals surface area (Å²) in [5.74, 6) is 1.30. The molecule has 0 unspecified atom stereocenters. The van der Waals surface area contributed by atoms with Gasteiger partial charge in [-0.1, -0.05) is 41.2 Å². The molecule has 2 heterocycles. The minimum atomic E-state index is -0.525. The summed E-state index contributed by atoms with van der Waals surface area (Å²) in [6.07, 6.45) is 5.20. The molecule has 3 rings (SSSR count). The van der Waals surface area contributed by atoms with Gasteiger partial charge in [-0.15, -0.1) is 0 Å². The lowest BCUT2D eigenvalue weighted by Gasteiger charge is -2.26. The molecule has 0 aliphatic carbocycles. The number of methoxy groups -OCH3 is 2. The molecule has 180 valence electrons. The van der Waals surface area contributed by atoms with Crippen LogP contribution in [0.2, 0.25) is 15.1 Å². The van der Waals surface area contributed by atoms with E-state index in [-0.39, 0.29) is 32.3 Å². The Hall–Kier alpha value is -2.20. The van der Waals surface area contributed by atoms with E-state index in [4.69, 9.17) is 44.3 Å². The maximum absolute atomic E-state index is 12.9. The highest BCUT2D eigenvalue weighted by atomic mass is 35.5. The predicted molar refractivity (Wildman–Crippen MR) is 133 cm³/mol. The van der Waals surface area contributed by atoms with Crippen LogP contribution in [0.4, 0.5) is 22.1 Å². The van der Waals surface area contributed by atoms with Gasteiger partial charge in [0.25, 0.3) is 0 Å². The van der Waals surface area contributed by atoms with Gasteiger partial charge >= 0.3 is 6.03 Å². The van der Waals surface area contributed by atoms with Crippen LogP contribution in [0.1, 0.15) is 19.3 Å². The zero-order valence-corrected chi connectivity index (χ0v) is 21.0. The Morgan fingerprint density at radius 1 is 1.06 bits per heavy atom. The van der Waals surface area contributed by atoms with E-state index >= 15 is 0 Å². The third kappa shape index (κ3) is 6.03. The zero-order chi connectivity index (χ0) is 24.0. The first kappa shape index (κ1) is 25.4. The first-order valence-corrected chi connectivity index (χ1v) is 11.6. The molecule has 1 aliphatic rings. The zero-order valence-electron chi connectivity index (χ0n) is 18.8. The molecule has 0 spiro atoms. The van der Waals surface area contributed by atoms with Gasteiger partial charge in [0, 0.05) is 26.2 Å². The van der Waals surface area contributed by atoms with Crippen molar-refractivity contribution in [1.82, 2.24) is 14.9 Å². The van der Waals surface area contributed by atoms with Crippen molar-refractivity contribution in [2.75, 3.05) is 63.0 Å². The Bertz CT molecular complexity index is 957. The number of halogens is 3.